The molecule has 3 rings (SSSR count). The third-order valence-corrected chi connectivity index (χ3v) is 4.13. The summed E-state index contributed by atoms with van der Waals surface area (Å²) in [6.07, 6.45) is 4.88. The molecule has 3 heterocycles. The summed E-state index contributed by atoms with van der Waals surface area (Å²) >= 11 is 0. The summed E-state index contributed by atoms with van der Waals surface area (Å²) in [4.78, 5) is 13.8. The molecule has 0 aromatic carbocycles. The zero-order valence-corrected chi connectivity index (χ0v) is 11.7. The Balaban J connectivity index is 1.80. The first-order valence-corrected chi connectivity index (χ1v) is 7.10. The summed E-state index contributed by atoms with van der Waals surface area (Å²) in [5.74, 6) is 1.41. The minimum atomic E-state index is 0.446. The largest absolute Gasteiger partial charge is 0.379 e. The molecule has 2 aliphatic heterocycles. The van der Waals surface area contributed by atoms with Crippen molar-refractivity contribution >= 4 is 5.95 Å². The second-order valence-electron chi connectivity index (χ2n) is 5.65. The van der Waals surface area contributed by atoms with Gasteiger partial charge in [0.25, 0.3) is 0 Å². The molecule has 0 unspecified atom stereocenters. The molecule has 2 aliphatic rings. The molecule has 0 N–H and O–H groups in total. The molecule has 19 heavy (non-hydrogen) atoms. The molecule has 1 aromatic rings. The summed E-state index contributed by atoms with van der Waals surface area (Å²) in [6.45, 7) is 6.85. The van der Waals surface area contributed by atoms with E-state index in [9.17, 15) is 0 Å². The fourth-order valence-electron chi connectivity index (χ4n) is 2.91. The Morgan fingerprint density at radius 1 is 1.21 bits per heavy atom. The molecule has 5 heteroatoms. The third kappa shape index (κ3) is 2.72. The standard InChI is InChI=1S/C14H22N4O/c1-3-11-4-15-14(16-5-11)18-7-12-6-17(2)13(8-18)10-19-9-12/h4-5,12-13H,3,6-10H2,1-2H3/t12-,13+/m1/s1. The van der Waals surface area contributed by atoms with Gasteiger partial charge in [-0.1, -0.05) is 6.92 Å². The zero-order chi connectivity index (χ0) is 13.2. The lowest BCUT2D eigenvalue weighted by molar-refractivity contribution is 0.0928. The normalized spacial score (nSPS) is 28.2. The molecule has 2 fully saturated rings. The van der Waals surface area contributed by atoms with Crippen LogP contribution in [-0.2, 0) is 11.2 Å². The number of rotatable bonds is 2. The number of likely N-dealkylation sites (N-methyl/N-ethyl adjacent to an activating group) is 1. The lowest BCUT2D eigenvalue weighted by Gasteiger charge is -2.29. The monoisotopic (exact) mass is 262 g/mol. The van der Waals surface area contributed by atoms with Crippen LogP contribution in [0.1, 0.15) is 12.5 Å². The van der Waals surface area contributed by atoms with Gasteiger partial charge >= 0.3 is 0 Å². The molecular weight excluding hydrogens is 240 g/mol. The van der Waals surface area contributed by atoms with Gasteiger partial charge in [0.2, 0.25) is 5.95 Å². The number of aryl methyl sites for hydroxylation is 1. The van der Waals surface area contributed by atoms with Crippen LogP contribution in [0.25, 0.3) is 0 Å². The molecule has 0 spiro atoms. The number of nitrogens with zero attached hydrogens (tertiary/aromatic N) is 4. The molecule has 2 atom stereocenters. The second-order valence-corrected chi connectivity index (χ2v) is 5.65. The van der Waals surface area contributed by atoms with E-state index in [2.05, 4.69) is 33.7 Å². The third-order valence-electron chi connectivity index (χ3n) is 4.13. The van der Waals surface area contributed by atoms with E-state index >= 15 is 0 Å². The first-order valence-electron chi connectivity index (χ1n) is 7.10. The van der Waals surface area contributed by atoms with Gasteiger partial charge in [0.05, 0.1) is 19.3 Å². The maximum absolute atomic E-state index is 5.74. The molecule has 1 aromatic heterocycles. The van der Waals surface area contributed by atoms with Gasteiger partial charge in [0.15, 0.2) is 0 Å². The summed E-state index contributed by atoms with van der Waals surface area (Å²) in [6, 6.07) is 0.446. The van der Waals surface area contributed by atoms with Crippen molar-refractivity contribution in [1.82, 2.24) is 14.9 Å². The summed E-state index contributed by atoms with van der Waals surface area (Å²) in [7, 11) is 2.19. The topological polar surface area (TPSA) is 41.5 Å². The predicted molar refractivity (Wildman–Crippen MR) is 74.4 cm³/mol. The zero-order valence-electron chi connectivity index (χ0n) is 11.7. The second kappa shape index (κ2) is 5.43. The van der Waals surface area contributed by atoms with E-state index in [0.717, 1.165) is 45.2 Å². The number of ether oxygens (including phenoxy) is 1. The van der Waals surface area contributed by atoms with Crippen molar-refractivity contribution in [2.75, 3.05) is 44.8 Å². The smallest absolute Gasteiger partial charge is 0.225 e. The van der Waals surface area contributed by atoms with Crippen LogP contribution in [0.2, 0.25) is 0 Å². The van der Waals surface area contributed by atoms with Crippen LogP contribution >= 0.6 is 0 Å². The van der Waals surface area contributed by atoms with Crippen LogP contribution in [0.3, 0.4) is 0 Å². The van der Waals surface area contributed by atoms with Gasteiger partial charge in [-0.15, -0.1) is 0 Å². The highest BCUT2D eigenvalue weighted by atomic mass is 16.5. The lowest BCUT2D eigenvalue weighted by atomic mass is 10.1. The minimum absolute atomic E-state index is 0.446. The maximum atomic E-state index is 5.74. The minimum Gasteiger partial charge on any atom is -0.379 e. The van der Waals surface area contributed by atoms with Gasteiger partial charge in [0, 0.05) is 37.9 Å². The van der Waals surface area contributed by atoms with Crippen molar-refractivity contribution in [2.45, 2.75) is 19.4 Å². The van der Waals surface area contributed by atoms with E-state index in [1.165, 1.54) is 5.56 Å². The maximum Gasteiger partial charge on any atom is 0.225 e. The van der Waals surface area contributed by atoms with Crippen molar-refractivity contribution in [1.29, 1.82) is 0 Å². The Labute approximate surface area is 114 Å². The van der Waals surface area contributed by atoms with E-state index in [1.54, 1.807) is 0 Å². The SMILES string of the molecule is CCc1cnc(N2C[C@@H]3COC[C@H](C2)N(C)C3)nc1. The molecule has 0 radical (unpaired) electrons. The van der Waals surface area contributed by atoms with Gasteiger partial charge in [-0.3, -0.25) is 4.90 Å². The molecule has 2 bridgehead atoms. The Morgan fingerprint density at radius 2 is 2.00 bits per heavy atom. The average Bonchev–Trinajstić information content (AvgIpc) is 2.67. The van der Waals surface area contributed by atoms with Crippen molar-refractivity contribution in [3.05, 3.63) is 18.0 Å². The van der Waals surface area contributed by atoms with E-state index in [4.69, 9.17) is 4.74 Å². The average molecular weight is 262 g/mol. The number of hydrogen-bond donors (Lipinski definition) is 0. The van der Waals surface area contributed by atoms with E-state index in [0.29, 0.717) is 12.0 Å². The summed E-state index contributed by atoms with van der Waals surface area (Å²) in [5.41, 5.74) is 1.19. The first-order chi connectivity index (χ1) is 9.26. The highest BCUT2D eigenvalue weighted by Crippen LogP contribution is 2.21. The van der Waals surface area contributed by atoms with Crippen molar-refractivity contribution in [3.8, 4) is 0 Å². The van der Waals surface area contributed by atoms with Gasteiger partial charge in [0.1, 0.15) is 0 Å². The Bertz CT molecular complexity index is 422. The molecule has 0 aliphatic carbocycles. The van der Waals surface area contributed by atoms with Crippen LogP contribution in [-0.4, -0.2) is 60.8 Å². The van der Waals surface area contributed by atoms with Crippen LogP contribution in [0.4, 0.5) is 5.95 Å². The van der Waals surface area contributed by atoms with Crippen LogP contribution in [0.15, 0.2) is 12.4 Å². The number of fused-ring (bicyclic) bond motifs is 3. The van der Waals surface area contributed by atoms with Crippen molar-refractivity contribution < 1.29 is 4.74 Å². The highest BCUT2D eigenvalue weighted by Gasteiger charge is 2.32. The van der Waals surface area contributed by atoms with Crippen LogP contribution in [0.5, 0.6) is 0 Å². The molecule has 0 saturated carbocycles. The summed E-state index contributed by atoms with van der Waals surface area (Å²) in [5, 5.41) is 0. The number of anilines is 1. The van der Waals surface area contributed by atoms with E-state index < -0.39 is 0 Å². The molecular formula is C14H22N4O. The molecule has 2 saturated heterocycles. The molecule has 104 valence electrons. The van der Waals surface area contributed by atoms with Crippen molar-refractivity contribution in [3.63, 3.8) is 0 Å². The van der Waals surface area contributed by atoms with Gasteiger partial charge in [-0.2, -0.15) is 0 Å². The Morgan fingerprint density at radius 3 is 2.74 bits per heavy atom. The number of aromatic nitrogens is 2. The van der Waals surface area contributed by atoms with Crippen molar-refractivity contribution in [2.24, 2.45) is 5.92 Å². The predicted octanol–water partition coefficient (Wildman–Crippen LogP) is 0.806. The Kier molecular flexibility index (Phi) is 3.66. The quantitative estimate of drug-likeness (QED) is 0.789. The fourth-order valence-corrected chi connectivity index (χ4v) is 2.91. The Hall–Kier alpha value is -1.20. The fraction of sp³-hybridized carbons (Fsp3) is 0.714. The van der Waals surface area contributed by atoms with E-state index in [1.807, 2.05) is 12.4 Å². The number of hydrogen-bond acceptors (Lipinski definition) is 5. The van der Waals surface area contributed by atoms with Gasteiger partial charge in [-0.25, -0.2) is 9.97 Å². The molecule has 5 nitrogen and oxygen atoms in total. The van der Waals surface area contributed by atoms with E-state index in [-0.39, 0.29) is 0 Å². The van der Waals surface area contributed by atoms with Crippen LogP contribution < -0.4 is 4.90 Å². The molecule has 0 amide bonds. The highest BCUT2D eigenvalue weighted by molar-refractivity contribution is 5.31. The van der Waals surface area contributed by atoms with Crippen LogP contribution in [0, 0.1) is 5.92 Å². The first kappa shape index (κ1) is 12.8. The lowest BCUT2D eigenvalue weighted by Crippen LogP contribution is -2.42. The van der Waals surface area contributed by atoms with Gasteiger partial charge in [-0.05, 0) is 19.0 Å². The van der Waals surface area contributed by atoms with Gasteiger partial charge < -0.3 is 9.64 Å². The summed E-state index contributed by atoms with van der Waals surface area (Å²) < 4.78 is 5.74.